The first-order chi connectivity index (χ1) is 9.24. The maximum atomic E-state index is 6.37. The minimum atomic E-state index is 0.341. The third-order valence-corrected chi connectivity index (χ3v) is 5.72. The highest BCUT2D eigenvalue weighted by atomic mass is 35.5. The van der Waals surface area contributed by atoms with Gasteiger partial charge in [0.1, 0.15) is 0 Å². The molecule has 1 saturated heterocycles. The first kappa shape index (κ1) is 13.7. The fourth-order valence-electron chi connectivity index (χ4n) is 2.38. The second kappa shape index (κ2) is 6.04. The summed E-state index contributed by atoms with van der Waals surface area (Å²) < 4.78 is 5.65. The molecule has 2 unspecified atom stereocenters. The van der Waals surface area contributed by atoms with Crippen LogP contribution < -0.4 is 5.32 Å². The van der Waals surface area contributed by atoms with E-state index in [0.717, 1.165) is 24.6 Å². The minimum absolute atomic E-state index is 0.341. The second-order valence-corrected chi connectivity index (χ2v) is 7.08. The normalized spacial score (nSPS) is 26.8. The third-order valence-electron chi connectivity index (χ3n) is 3.81. The zero-order valence-electron chi connectivity index (χ0n) is 11.2. The van der Waals surface area contributed by atoms with E-state index in [1.54, 1.807) is 0 Å². The molecule has 1 saturated carbocycles. The number of halogens is 1. The molecule has 1 aromatic rings. The van der Waals surface area contributed by atoms with Crippen LogP contribution in [0.5, 0.6) is 0 Å². The monoisotopic (exact) mass is 297 g/mol. The van der Waals surface area contributed by atoms with E-state index >= 15 is 0 Å². The Hall–Kier alpha value is -0.220. The van der Waals surface area contributed by atoms with Crippen molar-refractivity contribution in [1.82, 2.24) is 5.32 Å². The van der Waals surface area contributed by atoms with Crippen LogP contribution in [0.2, 0.25) is 5.02 Å². The first-order valence-corrected chi connectivity index (χ1v) is 8.29. The quantitative estimate of drug-likeness (QED) is 0.892. The van der Waals surface area contributed by atoms with Crippen LogP contribution in [-0.2, 0) is 11.3 Å². The number of benzene rings is 1. The average Bonchev–Trinajstić information content (AvgIpc) is 3.13. The summed E-state index contributed by atoms with van der Waals surface area (Å²) in [7, 11) is 0. The lowest BCUT2D eigenvalue weighted by atomic mass is 10.2. The van der Waals surface area contributed by atoms with E-state index in [1.165, 1.54) is 23.3 Å². The molecule has 2 fully saturated rings. The van der Waals surface area contributed by atoms with Crippen molar-refractivity contribution in [3.63, 3.8) is 0 Å². The molecule has 3 rings (SSSR count). The van der Waals surface area contributed by atoms with E-state index in [-0.39, 0.29) is 0 Å². The van der Waals surface area contributed by atoms with Gasteiger partial charge in [0.15, 0.2) is 0 Å². The molecule has 104 valence electrons. The summed E-state index contributed by atoms with van der Waals surface area (Å²) in [5, 5.41) is 4.99. The lowest BCUT2D eigenvalue weighted by Crippen LogP contribution is -2.17. The van der Waals surface area contributed by atoms with Gasteiger partial charge in [0.2, 0.25) is 0 Å². The van der Waals surface area contributed by atoms with Gasteiger partial charge >= 0.3 is 0 Å². The van der Waals surface area contributed by atoms with Crippen molar-refractivity contribution < 1.29 is 4.74 Å². The van der Waals surface area contributed by atoms with E-state index < -0.39 is 0 Å². The highest BCUT2D eigenvalue weighted by molar-refractivity contribution is 8.00. The molecule has 2 nitrogen and oxygen atoms in total. The molecule has 0 radical (unpaired) electrons. The van der Waals surface area contributed by atoms with Gasteiger partial charge in [0.25, 0.3) is 0 Å². The molecular formula is C15H20ClNOS. The fourth-order valence-corrected chi connectivity index (χ4v) is 3.97. The van der Waals surface area contributed by atoms with Crippen molar-refractivity contribution in [3.8, 4) is 0 Å². The van der Waals surface area contributed by atoms with E-state index in [2.05, 4.69) is 18.3 Å². The van der Waals surface area contributed by atoms with Gasteiger partial charge in [0.05, 0.1) is 6.10 Å². The number of ether oxygens (including phenoxy) is 1. The molecule has 0 amide bonds. The van der Waals surface area contributed by atoms with Crippen molar-refractivity contribution >= 4 is 23.4 Å². The molecule has 1 heterocycles. The topological polar surface area (TPSA) is 21.3 Å². The first-order valence-electron chi connectivity index (χ1n) is 7.03. The van der Waals surface area contributed by atoms with Crippen LogP contribution in [0.4, 0.5) is 0 Å². The van der Waals surface area contributed by atoms with Gasteiger partial charge in [-0.2, -0.15) is 0 Å². The maximum Gasteiger partial charge on any atom is 0.0669 e. The lowest BCUT2D eigenvalue weighted by Gasteiger charge is -2.17. The molecule has 1 aliphatic heterocycles. The SMILES string of the molecule is CC1OCCC1Sc1cccc(Cl)c1CNC1CC1. The molecule has 0 spiro atoms. The van der Waals surface area contributed by atoms with Crippen molar-refractivity contribution in [2.24, 2.45) is 0 Å². The molecular weight excluding hydrogens is 278 g/mol. The Bertz CT molecular complexity index is 450. The Kier molecular flexibility index (Phi) is 4.37. The predicted octanol–water partition coefficient (Wildman–Crippen LogP) is 3.86. The summed E-state index contributed by atoms with van der Waals surface area (Å²) in [6.07, 6.45) is 4.09. The highest BCUT2D eigenvalue weighted by Crippen LogP contribution is 2.37. The zero-order chi connectivity index (χ0) is 13.2. The molecule has 1 N–H and O–H groups in total. The van der Waals surface area contributed by atoms with E-state index in [9.17, 15) is 0 Å². The maximum absolute atomic E-state index is 6.37. The van der Waals surface area contributed by atoms with E-state index in [4.69, 9.17) is 16.3 Å². The van der Waals surface area contributed by atoms with Crippen LogP contribution >= 0.6 is 23.4 Å². The minimum Gasteiger partial charge on any atom is -0.377 e. The summed E-state index contributed by atoms with van der Waals surface area (Å²) in [6, 6.07) is 6.93. The van der Waals surface area contributed by atoms with Crippen LogP contribution in [-0.4, -0.2) is 24.0 Å². The van der Waals surface area contributed by atoms with Crippen LogP contribution in [0.15, 0.2) is 23.1 Å². The molecule has 2 atom stereocenters. The van der Waals surface area contributed by atoms with Crippen molar-refractivity contribution in [1.29, 1.82) is 0 Å². The number of hydrogen-bond acceptors (Lipinski definition) is 3. The van der Waals surface area contributed by atoms with Crippen molar-refractivity contribution in [2.75, 3.05) is 6.61 Å². The van der Waals surface area contributed by atoms with E-state index in [0.29, 0.717) is 17.4 Å². The summed E-state index contributed by atoms with van der Waals surface area (Å²) in [6.45, 7) is 3.93. The molecule has 0 bridgehead atoms. The molecule has 19 heavy (non-hydrogen) atoms. The summed E-state index contributed by atoms with van der Waals surface area (Å²) in [4.78, 5) is 1.31. The third kappa shape index (κ3) is 3.46. The van der Waals surface area contributed by atoms with Gasteiger partial charge in [-0.25, -0.2) is 0 Å². The number of rotatable bonds is 5. The summed E-state index contributed by atoms with van der Waals surface area (Å²) >= 11 is 8.29. The standard InChI is InChI=1S/C15H20ClNOS/c1-10-14(7-8-18-10)19-15-4-2-3-13(16)12(15)9-17-11-5-6-11/h2-4,10-11,14,17H,5-9H2,1H3. The van der Waals surface area contributed by atoms with Crippen molar-refractivity contribution in [2.45, 2.75) is 55.0 Å². The Labute approximate surface area is 124 Å². The molecule has 1 aromatic carbocycles. The van der Waals surface area contributed by atoms with Gasteiger partial charge in [-0.15, -0.1) is 11.8 Å². The van der Waals surface area contributed by atoms with Gasteiger partial charge in [-0.3, -0.25) is 0 Å². The number of hydrogen-bond donors (Lipinski definition) is 1. The van der Waals surface area contributed by atoms with Crippen molar-refractivity contribution in [3.05, 3.63) is 28.8 Å². The van der Waals surface area contributed by atoms with Crippen LogP contribution in [0.1, 0.15) is 31.7 Å². The Morgan fingerprint density at radius 2 is 2.21 bits per heavy atom. The molecule has 2 aliphatic rings. The smallest absolute Gasteiger partial charge is 0.0669 e. The van der Waals surface area contributed by atoms with E-state index in [1.807, 2.05) is 23.9 Å². The molecule has 4 heteroatoms. The van der Waals surface area contributed by atoms with Gasteiger partial charge < -0.3 is 10.1 Å². The lowest BCUT2D eigenvalue weighted by molar-refractivity contribution is 0.127. The second-order valence-electron chi connectivity index (χ2n) is 5.39. The average molecular weight is 298 g/mol. The zero-order valence-corrected chi connectivity index (χ0v) is 12.8. The molecule has 1 aliphatic carbocycles. The largest absolute Gasteiger partial charge is 0.377 e. The summed E-state index contributed by atoms with van der Waals surface area (Å²) in [5.74, 6) is 0. The number of nitrogens with one attached hydrogen (secondary N) is 1. The van der Waals surface area contributed by atoms with Gasteiger partial charge in [0, 0.05) is 34.4 Å². The van der Waals surface area contributed by atoms with Gasteiger partial charge in [-0.1, -0.05) is 17.7 Å². The Morgan fingerprint density at radius 1 is 1.37 bits per heavy atom. The Balaban J connectivity index is 1.72. The van der Waals surface area contributed by atoms with Gasteiger partial charge in [-0.05, 0) is 43.9 Å². The van der Waals surface area contributed by atoms with Crippen LogP contribution in [0.25, 0.3) is 0 Å². The van der Waals surface area contributed by atoms with Crippen LogP contribution in [0, 0.1) is 0 Å². The summed E-state index contributed by atoms with van der Waals surface area (Å²) in [5.41, 5.74) is 1.25. The van der Waals surface area contributed by atoms with Crippen LogP contribution in [0.3, 0.4) is 0 Å². The predicted molar refractivity (Wildman–Crippen MR) is 81.0 cm³/mol. The highest BCUT2D eigenvalue weighted by Gasteiger charge is 2.27. The molecule has 0 aromatic heterocycles. The fraction of sp³-hybridized carbons (Fsp3) is 0.600. The Morgan fingerprint density at radius 3 is 2.89 bits per heavy atom. The number of thioether (sulfide) groups is 1.